The highest BCUT2D eigenvalue weighted by molar-refractivity contribution is 5.11. The molecule has 1 aliphatic heterocycles. The van der Waals surface area contributed by atoms with Gasteiger partial charge in [0.25, 0.3) is 0 Å². The quantitative estimate of drug-likeness (QED) is 0.860. The summed E-state index contributed by atoms with van der Waals surface area (Å²) in [5.74, 6) is 1.39. The zero-order chi connectivity index (χ0) is 14.5. The SMILES string of the molecule is CCC(CO)N1CCN(Cc2ncoc2C(C)C)CC1. The maximum Gasteiger partial charge on any atom is 0.181 e. The Labute approximate surface area is 121 Å². The van der Waals surface area contributed by atoms with Crippen molar-refractivity contribution in [3.8, 4) is 0 Å². The summed E-state index contributed by atoms with van der Waals surface area (Å²) in [6.07, 6.45) is 2.57. The van der Waals surface area contributed by atoms with Crippen LogP contribution in [-0.2, 0) is 6.54 Å². The second-order valence-electron chi connectivity index (χ2n) is 5.87. The number of aliphatic hydroxyl groups is 1. The van der Waals surface area contributed by atoms with Gasteiger partial charge < -0.3 is 9.52 Å². The van der Waals surface area contributed by atoms with E-state index in [1.54, 1.807) is 6.39 Å². The Hall–Kier alpha value is -0.910. The Kier molecular flexibility index (Phi) is 5.57. The molecule has 0 aliphatic carbocycles. The molecule has 1 unspecified atom stereocenters. The van der Waals surface area contributed by atoms with Crippen LogP contribution in [0.2, 0.25) is 0 Å². The maximum atomic E-state index is 9.37. The standard InChI is InChI=1S/C15H27N3O2/c1-4-13(10-19)18-7-5-17(6-8-18)9-14-15(12(2)3)20-11-16-14/h11-13,19H,4-10H2,1-3H3. The van der Waals surface area contributed by atoms with Crippen molar-refractivity contribution in [2.24, 2.45) is 0 Å². The number of nitrogens with zero attached hydrogens (tertiary/aromatic N) is 3. The summed E-state index contributed by atoms with van der Waals surface area (Å²) < 4.78 is 5.48. The highest BCUT2D eigenvalue weighted by Crippen LogP contribution is 2.20. The molecule has 1 fully saturated rings. The summed E-state index contributed by atoms with van der Waals surface area (Å²) >= 11 is 0. The van der Waals surface area contributed by atoms with Crippen LogP contribution in [0.5, 0.6) is 0 Å². The van der Waals surface area contributed by atoms with Crippen molar-refractivity contribution < 1.29 is 9.52 Å². The van der Waals surface area contributed by atoms with Crippen LogP contribution >= 0.6 is 0 Å². The Bertz CT molecular complexity index is 394. The lowest BCUT2D eigenvalue weighted by molar-refractivity contribution is 0.0602. The fraction of sp³-hybridized carbons (Fsp3) is 0.800. The topological polar surface area (TPSA) is 52.7 Å². The molecule has 0 bridgehead atoms. The molecule has 0 amide bonds. The van der Waals surface area contributed by atoms with Crippen LogP contribution in [0.3, 0.4) is 0 Å². The van der Waals surface area contributed by atoms with Crippen molar-refractivity contribution in [3.63, 3.8) is 0 Å². The first-order valence-electron chi connectivity index (χ1n) is 7.65. The van der Waals surface area contributed by atoms with E-state index in [9.17, 15) is 5.11 Å². The zero-order valence-corrected chi connectivity index (χ0v) is 12.9. The molecule has 1 aromatic rings. The summed E-state index contributed by atoms with van der Waals surface area (Å²) in [7, 11) is 0. The summed E-state index contributed by atoms with van der Waals surface area (Å²) in [4.78, 5) is 9.17. The molecule has 1 atom stereocenters. The van der Waals surface area contributed by atoms with Gasteiger partial charge in [-0.25, -0.2) is 4.98 Å². The van der Waals surface area contributed by atoms with Crippen LogP contribution in [-0.4, -0.2) is 58.7 Å². The van der Waals surface area contributed by atoms with Crippen molar-refractivity contribution in [1.29, 1.82) is 0 Å². The minimum Gasteiger partial charge on any atom is -0.448 e. The van der Waals surface area contributed by atoms with Crippen LogP contribution in [0.1, 0.15) is 44.6 Å². The lowest BCUT2D eigenvalue weighted by atomic mass is 10.1. The van der Waals surface area contributed by atoms with Crippen molar-refractivity contribution >= 4 is 0 Å². The molecule has 114 valence electrons. The lowest BCUT2D eigenvalue weighted by Gasteiger charge is -2.38. The average molecular weight is 281 g/mol. The number of piperazine rings is 1. The summed E-state index contributed by atoms with van der Waals surface area (Å²) in [5.41, 5.74) is 1.07. The van der Waals surface area contributed by atoms with Gasteiger partial charge >= 0.3 is 0 Å². The summed E-state index contributed by atoms with van der Waals surface area (Å²) in [5, 5.41) is 9.37. The minimum atomic E-state index is 0.261. The Balaban J connectivity index is 1.87. The Morgan fingerprint density at radius 1 is 1.30 bits per heavy atom. The van der Waals surface area contributed by atoms with Crippen molar-refractivity contribution in [1.82, 2.24) is 14.8 Å². The average Bonchev–Trinajstić information content (AvgIpc) is 2.90. The molecule has 2 heterocycles. The van der Waals surface area contributed by atoms with Gasteiger partial charge in [0.05, 0.1) is 12.3 Å². The van der Waals surface area contributed by atoms with Gasteiger partial charge in [0, 0.05) is 44.7 Å². The molecule has 0 saturated carbocycles. The molecule has 1 aliphatic rings. The van der Waals surface area contributed by atoms with Gasteiger partial charge in [-0.3, -0.25) is 9.80 Å². The normalized spacial score (nSPS) is 19.6. The van der Waals surface area contributed by atoms with Crippen LogP contribution < -0.4 is 0 Å². The predicted octanol–water partition coefficient (Wildman–Crippen LogP) is 1.69. The first kappa shape index (κ1) is 15.5. The third-order valence-corrected chi connectivity index (χ3v) is 4.18. The third-order valence-electron chi connectivity index (χ3n) is 4.18. The number of aromatic nitrogens is 1. The molecule has 1 N–H and O–H groups in total. The van der Waals surface area contributed by atoms with Crippen molar-refractivity contribution in [2.75, 3.05) is 32.8 Å². The smallest absolute Gasteiger partial charge is 0.181 e. The number of hydrogen-bond donors (Lipinski definition) is 1. The van der Waals surface area contributed by atoms with E-state index in [4.69, 9.17) is 4.42 Å². The maximum absolute atomic E-state index is 9.37. The van der Waals surface area contributed by atoms with E-state index < -0.39 is 0 Å². The molecule has 0 spiro atoms. The largest absolute Gasteiger partial charge is 0.448 e. The zero-order valence-electron chi connectivity index (χ0n) is 12.9. The highest BCUT2D eigenvalue weighted by Gasteiger charge is 2.23. The monoisotopic (exact) mass is 281 g/mol. The van der Waals surface area contributed by atoms with E-state index in [2.05, 4.69) is 35.6 Å². The summed E-state index contributed by atoms with van der Waals surface area (Å²) in [6.45, 7) is 11.6. The van der Waals surface area contributed by atoms with E-state index in [1.165, 1.54) is 0 Å². The summed E-state index contributed by atoms with van der Waals surface area (Å²) in [6, 6.07) is 0.315. The van der Waals surface area contributed by atoms with E-state index in [0.29, 0.717) is 12.0 Å². The van der Waals surface area contributed by atoms with Gasteiger partial charge in [0.1, 0.15) is 5.76 Å². The third kappa shape index (κ3) is 3.59. The number of aliphatic hydroxyl groups excluding tert-OH is 1. The molecule has 5 nitrogen and oxygen atoms in total. The second kappa shape index (κ2) is 7.20. The molecule has 1 aromatic heterocycles. The van der Waals surface area contributed by atoms with E-state index in [-0.39, 0.29) is 6.61 Å². The van der Waals surface area contributed by atoms with Crippen LogP contribution in [0.25, 0.3) is 0 Å². The Morgan fingerprint density at radius 3 is 2.55 bits per heavy atom. The van der Waals surface area contributed by atoms with E-state index in [1.807, 2.05) is 0 Å². The van der Waals surface area contributed by atoms with Gasteiger partial charge in [0.2, 0.25) is 0 Å². The van der Waals surface area contributed by atoms with Crippen molar-refractivity contribution in [3.05, 3.63) is 17.8 Å². The van der Waals surface area contributed by atoms with Crippen molar-refractivity contribution in [2.45, 2.75) is 45.7 Å². The van der Waals surface area contributed by atoms with Crippen LogP contribution in [0.15, 0.2) is 10.8 Å². The fourth-order valence-electron chi connectivity index (χ4n) is 2.87. The lowest BCUT2D eigenvalue weighted by Crippen LogP contribution is -2.50. The molecular formula is C15H27N3O2. The molecule has 0 aromatic carbocycles. The van der Waals surface area contributed by atoms with Gasteiger partial charge in [-0.05, 0) is 6.42 Å². The number of rotatable bonds is 6. The molecule has 0 radical (unpaired) electrons. The molecule has 20 heavy (non-hydrogen) atoms. The van der Waals surface area contributed by atoms with Gasteiger partial charge in [-0.2, -0.15) is 0 Å². The molecule has 5 heteroatoms. The molecule has 2 rings (SSSR count). The Morgan fingerprint density at radius 2 is 2.00 bits per heavy atom. The number of hydrogen-bond acceptors (Lipinski definition) is 5. The fourth-order valence-corrected chi connectivity index (χ4v) is 2.87. The predicted molar refractivity (Wildman–Crippen MR) is 78.6 cm³/mol. The first-order chi connectivity index (χ1) is 9.65. The van der Waals surface area contributed by atoms with Gasteiger partial charge in [0.15, 0.2) is 6.39 Å². The molecule has 1 saturated heterocycles. The first-order valence-corrected chi connectivity index (χ1v) is 7.65. The van der Waals surface area contributed by atoms with E-state index in [0.717, 1.165) is 50.6 Å². The minimum absolute atomic E-state index is 0.261. The highest BCUT2D eigenvalue weighted by atomic mass is 16.3. The number of oxazole rings is 1. The van der Waals surface area contributed by atoms with Crippen LogP contribution in [0.4, 0.5) is 0 Å². The second-order valence-corrected chi connectivity index (χ2v) is 5.87. The van der Waals surface area contributed by atoms with E-state index >= 15 is 0 Å². The van der Waals surface area contributed by atoms with Gasteiger partial charge in [-0.1, -0.05) is 20.8 Å². The molecular weight excluding hydrogens is 254 g/mol. The van der Waals surface area contributed by atoms with Crippen LogP contribution in [0, 0.1) is 0 Å². The van der Waals surface area contributed by atoms with Gasteiger partial charge in [-0.15, -0.1) is 0 Å².